The Morgan fingerprint density at radius 1 is 1.18 bits per heavy atom. The smallest absolute Gasteiger partial charge is 0.310 e. The molecule has 6 nitrogen and oxygen atoms in total. The van der Waals surface area contributed by atoms with Gasteiger partial charge >= 0.3 is 5.97 Å². The number of nitrogens with zero attached hydrogens (tertiary/aromatic N) is 2. The van der Waals surface area contributed by atoms with Gasteiger partial charge < -0.3 is 14.4 Å². The zero-order valence-electron chi connectivity index (χ0n) is 20.0. The van der Waals surface area contributed by atoms with Gasteiger partial charge in [-0.15, -0.1) is 0 Å². The molecule has 0 fully saturated rings. The highest BCUT2D eigenvalue weighted by Gasteiger charge is 2.38. The fourth-order valence-electron chi connectivity index (χ4n) is 3.15. The fraction of sp³-hybridized carbons (Fsp3) is 0.400. The Morgan fingerprint density at radius 3 is 2.30 bits per heavy atom. The van der Waals surface area contributed by atoms with Crippen LogP contribution >= 0.6 is 15.9 Å². The van der Waals surface area contributed by atoms with Gasteiger partial charge in [-0.2, -0.15) is 5.26 Å². The highest BCUT2D eigenvalue weighted by molar-refractivity contribution is 9.10. The Hall–Kier alpha value is -2.47. The molecule has 0 heterocycles. The van der Waals surface area contributed by atoms with Gasteiger partial charge in [-0.05, 0) is 61.0 Å². The van der Waals surface area contributed by atoms with Crippen molar-refractivity contribution in [2.75, 3.05) is 11.4 Å². The van der Waals surface area contributed by atoms with Crippen molar-refractivity contribution in [1.29, 1.82) is 5.26 Å². The van der Waals surface area contributed by atoms with Crippen molar-refractivity contribution in [2.24, 2.45) is 0 Å². The standard InChI is InChI=1S/C25H31BrN2O4Si/c1-17(32-33(5,6)25(2,3)4)18-8-11-21(12-9-18)28(16-22(29)14-24(30)31)23-13-20(26)10-7-19(23)15-27/h7-13,17H,14,16H2,1-6H3,(H,30,31)/t17-/m1/s1. The molecule has 1 N–H and O–H groups in total. The molecule has 0 saturated heterocycles. The number of rotatable bonds is 9. The van der Waals surface area contributed by atoms with E-state index in [2.05, 4.69) is 55.9 Å². The molecule has 0 bridgehead atoms. The molecule has 0 aliphatic rings. The third-order valence-corrected chi connectivity index (χ3v) is 11.1. The maximum Gasteiger partial charge on any atom is 0.310 e. The van der Waals surface area contributed by atoms with E-state index in [0.717, 1.165) is 10.0 Å². The van der Waals surface area contributed by atoms with Crippen molar-refractivity contribution in [3.8, 4) is 6.07 Å². The van der Waals surface area contributed by atoms with Crippen LogP contribution in [-0.2, 0) is 14.0 Å². The maximum atomic E-state index is 12.4. The molecule has 2 rings (SSSR count). The van der Waals surface area contributed by atoms with E-state index in [1.165, 1.54) is 0 Å². The van der Waals surface area contributed by atoms with E-state index >= 15 is 0 Å². The van der Waals surface area contributed by atoms with E-state index in [-0.39, 0.29) is 17.7 Å². The number of aliphatic carboxylic acids is 1. The molecule has 0 amide bonds. The zero-order valence-corrected chi connectivity index (χ0v) is 22.6. The minimum atomic E-state index is -1.95. The average molecular weight is 532 g/mol. The molecule has 0 spiro atoms. The topological polar surface area (TPSA) is 90.6 Å². The highest BCUT2D eigenvalue weighted by atomic mass is 79.9. The first-order chi connectivity index (χ1) is 15.2. The van der Waals surface area contributed by atoms with E-state index in [0.29, 0.717) is 16.9 Å². The van der Waals surface area contributed by atoms with Crippen molar-refractivity contribution in [2.45, 2.75) is 58.4 Å². The summed E-state index contributed by atoms with van der Waals surface area (Å²) in [6.45, 7) is 12.9. The van der Waals surface area contributed by atoms with Crippen molar-refractivity contribution < 1.29 is 19.1 Å². The molecule has 0 aliphatic heterocycles. The number of hydrogen-bond acceptors (Lipinski definition) is 5. The Kier molecular flexibility index (Phi) is 8.63. The summed E-state index contributed by atoms with van der Waals surface area (Å²) in [7, 11) is -1.95. The largest absolute Gasteiger partial charge is 0.481 e. The Labute approximate surface area is 205 Å². The lowest BCUT2D eigenvalue weighted by Crippen LogP contribution is -2.41. The third kappa shape index (κ3) is 7.00. The molecule has 176 valence electrons. The lowest BCUT2D eigenvalue weighted by molar-refractivity contribution is -0.139. The number of halogens is 1. The summed E-state index contributed by atoms with van der Waals surface area (Å²) >= 11 is 3.42. The summed E-state index contributed by atoms with van der Waals surface area (Å²) in [6, 6.07) is 15.0. The lowest BCUT2D eigenvalue weighted by atomic mass is 10.1. The van der Waals surface area contributed by atoms with Gasteiger partial charge in [-0.1, -0.05) is 48.8 Å². The number of Topliss-reactive ketones (excluding diaryl/α,β-unsaturated/α-hetero) is 1. The SMILES string of the molecule is C[C@@H](O[Si](C)(C)C(C)(C)C)c1ccc(N(CC(=O)CC(=O)O)c2cc(Br)ccc2C#N)cc1. The quantitative estimate of drug-likeness (QED) is 0.290. The minimum absolute atomic E-state index is 0.0941. The van der Waals surface area contributed by atoms with Crippen LogP contribution in [0.15, 0.2) is 46.9 Å². The summed E-state index contributed by atoms with van der Waals surface area (Å²) in [4.78, 5) is 25.1. The van der Waals surface area contributed by atoms with Crippen LogP contribution in [0.25, 0.3) is 0 Å². The summed E-state index contributed by atoms with van der Waals surface area (Å²) in [5.41, 5.74) is 2.62. The van der Waals surface area contributed by atoms with Gasteiger partial charge in [0, 0.05) is 10.2 Å². The van der Waals surface area contributed by atoms with Gasteiger partial charge in [-0.3, -0.25) is 9.59 Å². The average Bonchev–Trinajstić information content (AvgIpc) is 2.70. The second-order valence-corrected chi connectivity index (χ2v) is 15.3. The molecule has 0 saturated carbocycles. The van der Waals surface area contributed by atoms with E-state index in [9.17, 15) is 14.9 Å². The number of hydrogen-bond donors (Lipinski definition) is 1. The molecule has 2 aromatic rings. The molecule has 2 aromatic carbocycles. The van der Waals surface area contributed by atoms with Gasteiger partial charge in [-0.25, -0.2) is 0 Å². The van der Waals surface area contributed by atoms with Crippen LogP contribution in [0.1, 0.15) is 51.3 Å². The summed E-state index contributed by atoms with van der Waals surface area (Å²) in [6.07, 6.45) is -0.676. The van der Waals surface area contributed by atoms with E-state index < -0.39 is 26.5 Å². The maximum absolute atomic E-state index is 12.4. The fourth-order valence-corrected chi connectivity index (χ4v) is 4.87. The van der Waals surface area contributed by atoms with Crippen LogP contribution in [0.3, 0.4) is 0 Å². The molecular weight excluding hydrogens is 500 g/mol. The Balaban J connectivity index is 2.40. The first-order valence-electron chi connectivity index (χ1n) is 10.7. The van der Waals surface area contributed by atoms with Gasteiger partial charge in [0.05, 0.1) is 23.9 Å². The normalized spacial score (nSPS) is 12.7. The zero-order chi connectivity index (χ0) is 25.0. The summed E-state index contributed by atoms with van der Waals surface area (Å²) < 4.78 is 7.24. The molecular formula is C25H31BrN2O4Si. The molecule has 0 aromatic heterocycles. The second kappa shape index (κ2) is 10.6. The number of anilines is 2. The first-order valence-corrected chi connectivity index (χ1v) is 14.4. The van der Waals surface area contributed by atoms with Crippen LogP contribution in [0.4, 0.5) is 11.4 Å². The number of carbonyl (C=O) groups is 2. The highest BCUT2D eigenvalue weighted by Crippen LogP contribution is 2.40. The van der Waals surface area contributed by atoms with Crippen LogP contribution in [-0.4, -0.2) is 31.7 Å². The molecule has 0 unspecified atom stereocenters. The van der Waals surface area contributed by atoms with Crippen molar-refractivity contribution in [3.63, 3.8) is 0 Å². The molecule has 33 heavy (non-hydrogen) atoms. The van der Waals surface area contributed by atoms with Crippen LogP contribution < -0.4 is 4.90 Å². The number of carboxylic acid groups (broad SMARTS) is 1. The lowest BCUT2D eigenvalue weighted by Gasteiger charge is -2.38. The molecule has 0 radical (unpaired) electrons. The summed E-state index contributed by atoms with van der Waals surface area (Å²) in [5.74, 6) is -1.63. The number of ketones is 1. The van der Waals surface area contributed by atoms with Crippen LogP contribution in [0, 0.1) is 11.3 Å². The first kappa shape index (κ1) is 26.8. The van der Waals surface area contributed by atoms with Crippen LogP contribution in [0.5, 0.6) is 0 Å². The van der Waals surface area contributed by atoms with Crippen molar-refractivity contribution >= 4 is 47.4 Å². The number of carbonyl (C=O) groups excluding carboxylic acids is 1. The number of nitriles is 1. The summed E-state index contributed by atoms with van der Waals surface area (Å²) in [5, 5.41) is 18.7. The van der Waals surface area contributed by atoms with Gasteiger partial charge in [0.2, 0.25) is 0 Å². The van der Waals surface area contributed by atoms with Crippen molar-refractivity contribution in [1.82, 2.24) is 0 Å². The third-order valence-electron chi connectivity index (χ3n) is 6.01. The minimum Gasteiger partial charge on any atom is -0.481 e. The van der Waals surface area contributed by atoms with E-state index in [4.69, 9.17) is 9.53 Å². The van der Waals surface area contributed by atoms with Crippen molar-refractivity contribution in [3.05, 3.63) is 58.1 Å². The van der Waals surface area contributed by atoms with E-state index in [1.54, 1.807) is 23.1 Å². The van der Waals surface area contributed by atoms with Gasteiger partial charge in [0.1, 0.15) is 12.5 Å². The number of carboxylic acids is 1. The van der Waals surface area contributed by atoms with Gasteiger partial charge in [0.25, 0.3) is 0 Å². The van der Waals surface area contributed by atoms with E-state index in [1.807, 2.05) is 31.2 Å². The monoisotopic (exact) mass is 530 g/mol. The second-order valence-electron chi connectivity index (χ2n) is 9.58. The molecule has 8 heteroatoms. The van der Waals surface area contributed by atoms with Crippen LogP contribution in [0.2, 0.25) is 18.1 Å². The Bertz CT molecular complexity index is 1060. The predicted octanol–water partition coefficient (Wildman–Crippen LogP) is 6.59. The number of benzene rings is 2. The molecule has 1 atom stereocenters. The Morgan fingerprint density at radius 2 is 1.79 bits per heavy atom. The molecule has 0 aliphatic carbocycles. The van der Waals surface area contributed by atoms with Gasteiger partial charge in [0.15, 0.2) is 14.1 Å². The predicted molar refractivity (Wildman–Crippen MR) is 136 cm³/mol.